The van der Waals surface area contributed by atoms with Crippen LogP contribution in [0, 0.1) is 0 Å². The van der Waals surface area contributed by atoms with Crippen molar-refractivity contribution in [3.05, 3.63) is 41.7 Å². The van der Waals surface area contributed by atoms with Crippen molar-refractivity contribution in [2.24, 2.45) is 7.05 Å². The molecule has 0 saturated carbocycles. The molecule has 5 heteroatoms. The average molecular weight is 273 g/mol. The number of aromatic nitrogens is 3. The standard InChI is InChI=1S/C14H15N3OS/c1-17-9-15-16-14(17)19-12-8-4-6-10-5-2-3-7-11(10)13(12)18/h2-3,5,7,9,12H,4,6,8H2,1H3/t12-/m0/s1. The van der Waals surface area contributed by atoms with E-state index in [1.165, 1.54) is 17.3 Å². The fraction of sp³-hybridized carbons (Fsp3) is 0.357. The highest BCUT2D eigenvalue weighted by atomic mass is 32.2. The predicted molar refractivity (Wildman–Crippen MR) is 74.4 cm³/mol. The third-order valence-electron chi connectivity index (χ3n) is 3.41. The molecule has 4 nitrogen and oxygen atoms in total. The number of Topliss-reactive ketones (excluding diaryl/α,β-unsaturated/α-hetero) is 1. The second-order valence-electron chi connectivity index (χ2n) is 4.74. The summed E-state index contributed by atoms with van der Waals surface area (Å²) in [6.07, 6.45) is 4.58. The second kappa shape index (κ2) is 5.17. The molecule has 0 aliphatic heterocycles. The molecule has 2 aromatic rings. The Kier molecular flexibility index (Phi) is 3.38. The predicted octanol–water partition coefficient (Wildman–Crippen LogP) is 2.50. The van der Waals surface area contributed by atoms with Gasteiger partial charge in [-0.15, -0.1) is 10.2 Å². The number of rotatable bonds is 2. The molecule has 0 unspecified atom stereocenters. The molecule has 0 amide bonds. The van der Waals surface area contributed by atoms with Gasteiger partial charge in [-0.1, -0.05) is 36.0 Å². The van der Waals surface area contributed by atoms with Gasteiger partial charge in [0.25, 0.3) is 0 Å². The fourth-order valence-corrected chi connectivity index (χ4v) is 3.46. The highest BCUT2D eigenvalue weighted by Gasteiger charge is 2.27. The lowest BCUT2D eigenvalue weighted by Crippen LogP contribution is -2.17. The van der Waals surface area contributed by atoms with E-state index in [0.717, 1.165) is 30.0 Å². The molecular formula is C14H15N3OS. The molecule has 0 bridgehead atoms. The van der Waals surface area contributed by atoms with Crippen LogP contribution in [0.1, 0.15) is 28.8 Å². The monoisotopic (exact) mass is 273 g/mol. The van der Waals surface area contributed by atoms with Crippen molar-refractivity contribution < 1.29 is 4.79 Å². The molecule has 1 aromatic heterocycles. The van der Waals surface area contributed by atoms with Crippen LogP contribution in [0.15, 0.2) is 35.7 Å². The molecule has 19 heavy (non-hydrogen) atoms. The van der Waals surface area contributed by atoms with Crippen LogP contribution < -0.4 is 0 Å². The maximum Gasteiger partial charge on any atom is 0.191 e. The zero-order chi connectivity index (χ0) is 13.2. The van der Waals surface area contributed by atoms with E-state index in [-0.39, 0.29) is 11.0 Å². The van der Waals surface area contributed by atoms with Crippen molar-refractivity contribution in [3.63, 3.8) is 0 Å². The highest BCUT2D eigenvalue weighted by molar-refractivity contribution is 8.00. The van der Waals surface area contributed by atoms with E-state index in [9.17, 15) is 4.79 Å². The molecule has 98 valence electrons. The van der Waals surface area contributed by atoms with Crippen LogP contribution in [0.4, 0.5) is 0 Å². The summed E-state index contributed by atoms with van der Waals surface area (Å²) in [4.78, 5) is 12.6. The number of benzene rings is 1. The zero-order valence-corrected chi connectivity index (χ0v) is 11.6. The minimum absolute atomic E-state index is 0.0495. The number of aryl methyl sites for hydroxylation is 2. The molecule has 1 aromatic carbocycles. The Hall–Kier alpha value is -1.62. The number of ketones is 1. The summed E-state index contributed by atoms with van der Waals surface area (Å²) >= 11 is 1.52. The molecule has 1 aliphatic carbocycles. The summed E-state index contributed by atoms with van der Waals surface area (Å²) in [6.45, 7) is 0. The quantitative estimate of drug-likeness (QED) is 0.789. The van der Waals surface area contributed by atoms with E-state index in [4.69, 9.17) is 0 Å². The lowest BCUT2D eigenvalue weighted by molar-refractivity contribution is 0.0988. The third kappa shape index (κ3) is 2.42. The zero-order valence-electron chi connectivity index (χ0n) is 10.7. The fourth-order valence-electron chi connectivity index (χ4n) is 2.38. The number of nitrogens with zero attached hydrogens (tertiary/aromatic N) is 3. The van der Waals surface area contributed by atoms with Crippen LogP contribution in [-0.2, 0) is 13.5 Å². The summed E-state index contributed by atoms with van der Waals surface area (Å²) in [5.74, 6) is 0.223. The Morgan fingerprint density at radius 3 is 3.00 bits per heavy atom. The molecule has 0 radical (unpaired) electrons. The van der Waals surface area contributed by atoms with Crippen LogP contribution in [0.2, 0.25) is 0 Å². The van der Waals surface area contributed by atoms with Crippen LogP contribution in [0.25, 0.3) is 0 Å². The first-order chi connectivity index (χ1) is 9.25. The van der Waals surface area contributed by atoms with Gasteiger partial charge in [0.15, 0.2) is 10.9 Å². The summed E-state index contributed by atoms with van der Waals surface area (Å²) in [6, 6.07) is 7.93. The van der Waals surface area contributed by atoms with Crippen molar-refractivity contribution in [1.29, 1.82) is 0 Å². The Morgan fingerprint density at radius 1 is 1.37 bits per heavy atom. The van der Waals surface area contributed by atoms with Gasteiger partial charge in [-0.3, -0.25) is 4.79 Å². The van der Waals surface area contributed by atoms with Gasteiger partial charge in [0.1, 0.15) is 6.33 Å². The Balaban J connectivity index is 1.88. The lowest BCUT2D eigenvalue weighted by Gasteiger charge is -2.12. The summed E-state index contributed by atoms with van der Waals surface area (Å²) in [5.41, 5.74) is 2.05. The van der Waals surface area contributed by atoms with E-state index < -0.39 is 0 Å². The number of carbonyl (C=O) groups is 1. The van der Waals surface area contributed by atoms with Crippen molar-refractivity contribution >= 4 is 17.5 Å². The molecule has 0 N–H and O–H groups in total. The van der Waals surface area contributed by atoms with Crippen LogP contribution in [0.3, 0.4) is 0 Å². The minimum Gasteiger partial charge on any atom is -0.312 e. The first-order valence-corrected chi connectivity index (χ1v) is 7.26. The molecule has 1 atom stereocenters. The molecule has 1 aliphatic rings. The number of hydrogen-bond donors (Lipinski definition) is 0. The molecular weight excluding hydrogens is 258 g/mol. The SMILES string of the molecule is Cn1cnnc1S[C@H]1CCCc2ccccc2C1=O. The van der Waals surface area contributed by atoms with Crippen LogP contribution >= 0.6 is 11.8 Å². The van der Waals surface area contributed by atoms with Gasteiger partial charge in [-0.05, 0) is 24.8 Å². The van der Waals surface area contributed by atoms with E-state index in [1.54, 1.807) is 6.33 Å². The number of thioether (sulfide) groups is 1. The molecule has 0 saturated heterocycles. The van der Waals surface area contributed by atoms with Gasteiger partial charge in [0.2, 0.25) is 0 Å². The van der Waals surface area contributed by atoms with Crippen molar-refractivity contribution in [2.75, 3.05) is 0 Å². The highest BCUT2D eigenvalue weighted by Crippen LogP contribution is 2.31. The van der Waals surface area contributed by atoms with Gasteiger partial charge in [-0.25, -0.2) is 0 Å². The topological polar surface area (TPSA) is 47.8 Å². The van der Waals surface area contributed by atoms with Crippen molar-refractivity contribution in [3.8, 4) is 0 Å². The van der Waals surface area contributed by atoms with E-state index in [1.807, 2.05) is 29.8 Å². The molecule has 1 heterocycles. The van der Waals surface area contributed by atoms with Gasteiger partial charge >= 0.3 is 0 Å². The summed E-state index contributed by atoms with van der Waals surface area (Å²) in [7, 11) is 1.90. The van der Waals surface area contributed by atoms with E-state index in [0.29, 0.717) is 0 Å². The Bertz CT molecular complexity index is 608. The molecule has 3 rings (SSSR count). The maximum absolute atomic E-state index is 12.6. The third-order valence-corrected chi connectivity index (χ3v) is 4.72. The normalized spacial score (nSPS) is 19.0. The van der Waals surface area contributed by atoms with E-state index in [2.05, 4.69) is 16.3 Å². The summed E-state index contributed by atoms with van der Waals surface area (Å²) < 4.78 is 1.86. The lowest BCUT2D eigenvalue weighted by atomic mass is 10.0. The molecule has 0 spiro atoms. The maximum atomic E-state index is 12.6. The Labute approximate surface area is 116 Å². The van der Waals surface area contributed by atoms with Gasteiger partial charge in [-0.2, -0.15) is 0 Å². The minimum atomic E-state index is -0.0495. The van der Waals surface area contributed by atoms with Crippen molar-refractivity contribution in [1.82, 2.24) is 14.8 Å². The summed E-state index contributed by atoms with van der Waals surface area (Å²) in [5, 5.41) is 8.67. The number of fused-ring (bicyclic) bond motifs is 1. The second-order valence-corrected chi connectivity index (χ2v) is 5.91. The van der Waals surface area contributed by atoms with E-state index >= 15 is 0 Å². The van der Waals surface area contributed by atoms with Crippen molar-refractivity contribution in [2.45, 2.75) is 29.7 Å². The first kappa shape index (κ1) is 12.4. The smallest absolute Gasteiger partial charge is 0.191 e. The number of carbonyl (C=O) groups excluding carboxylic acids is 1. The van der Waals surface area contributed by atoms with Crippen LogP contribution in [-0.4, -0.2) is 25.8 Å². The largest absolute Gasteiger partial charge is 0.312 e. The first-order valence-electron chi connectivity index (χ1n) is 6.38. The van der Waals surface area contributed by atoms with Crippen LogP contribution in [0.5, 0.6) is 0 Å². The Morgan fingerprint density at radius 2 is 2.21 bits per heavy atom. The van der Waals surface area contributed by atoms with Gasteiger partial charge in [0, 0.05) is 12.6 Å². The van der Waals surface area contributed by atoms with Gasteiger partial charge < -0.3 is 4.57 Å². The average Bonchev–Trinajstić information content (AvgIpc) is 2.75. The van der Waals surface area contributed by atoms with Gasteiger partial charge in [0.05, 0.1) is 5.25 Å². The molecule has 0 fully saturated rings. The number of hydrogen-bond acceptors (Lipinski definition) is 4.